The molecule has 1 aromatic heterocycles. The first-order chi connectivity index (χ1) is 13.2. The second-order valence-electron chi connectivity index (χ2n) is 5.88. The predicted molar refractivity (Wildman–Crippen MR) is 99.9 cm³/mol. The number of carbonyl (C=O) groups excluding carboxylic acids is 1. The van der Waals surface area contributed by atoms with Crippen molar-refractivity contribution >= 4 is 5.91 Å². The number of hydrogen-bond acceptors (Lipinski definition) is 4. The van der Waals surface area contributed by atoms with Crippen LogP contribution in [0.3, 0.4) is 0 Å². The zero-order valence-electron chi connectivity index (χ0n) is 14.7. The van der Waals surface area contributed by atoms with Crippen molar-refractivity contribution < 1.29 is 18.3 Å². The summed E-state index contributed by atoms with van der Waals surface area (Å²) in [6.07, 6.45) is 1.58. The van der Waals surface area contributed by atoms with Gasteiger partial charge in [0.05, 0.1) is 12.8 Å². The number of amides is 1. The number of furan rings is 1. The number of para-hydroxylation sites is 1. The van der Waals surface area contributed by atoms with E-state index in [0.29, 0.717) is 12.3 Å². The van der Waals surface area contributed by atoms with Crippen LogP contribution in [0.2, 0.25) is 0 Å². The first-order valence-electron chi connectivity index (χ1n) is 8.70. The fourth-order valence-electron chi connectivity index (χ4n) is 2.63. The van der Waals surface area contributed by atoms with Crippen LogP contribution in [-0.4, -0.2) is 25.6 Å². The Kier molecular flexibility index (Phi) is 6.60. The highest BCUT2D eigenvalue weighted by Crippen LogP contribution is 2.22. The third kappa shape index (κ3) is 5.43. The molecule has 3 rings (SSSR count). The van der Waals surface area contributed by atoms with E-state index < -0.39 is 5.82 Å². The second kappa shape index (κ2) is 9.54. The molecule has 0 aliphatic rings. The van der Waals surface area contributed by atoms with Crippen LogP contribution in [0.15, 0.2) is 77.4 Å². The van der Waals surface area contributed by atoms with E-state index >= 15 is 0 Å². The number of rotatable bonds is 9. The van der Waals surface area contributed by atoms with Crippen LogP contribution in [0.5, 0.6) is 5.75 Å². The van der Waals surface area contributed by atoms with Crippen molar-refractivity contribution in [2.24, 2.45) is 0 Å². The molecular formula is C21H21FN2O3. The Labute approximate surface area is 157 Å². The maximum absolute atomic E-state index is 13.4. The van der Waals surface area contributed by atoms with Crippen molar-refractivity contribution in [2.75, 3.05) is 19.7 Å². The van der Waals surface area contributed by atoms with Gasteiger partial charge in [0.15, 0.2) is 11.6 Å². The lowest BCUT2D eigenvalue weighted by atomic mass is 10.0. The van der Waals surface area contributed by atoms with Crippen LogP contribution in [0.25, 0.3) is 0 Å². The summed E-state index contributed by atoms with van der Waals surface area (Å²) in [5.74, 6) is 0.286. The first-order valence-corrected chi connectivity index (χ1v) is 8.70. The number of hydrogen-bond donors (Lipinski definition) is 2. The Balaban J connectivity index is 1.46. The predicted octanol–water partition coefficient (Wildman–Crippen LogP) is 3.29. The number of ether oxygens (including phenoxy) is 1. The summed E-state index contributed by atoms with van der Waals surface area (Å²) >= 11 is 0. The molecule has 1 unspecified atom stereocenters. The van der Waals surface area contributed by atoms with Gasteiger partial charge in [-0.1, -0.05) is 42.5 Å². The molecule has 2 N–H and O–H groups in total. The molecule has 0 aliphatic heterocycles. The number of carbonyl (C=O) groups is 1. The van der Waals surface area contributed by atoms with Crippen molar-refractivity contribution in [3.63, 3.8) is 0 Å². The summed E-state index contributed by atoms with van der Waals surface area (Å²) in [6, 6.07) is 19.1. The van der Waals surface area contributed by atoms with Crippen LogP contribution < -0.4 is 15.4 Å². The van der Waals surface area contributed by atoms with Gasteiger partial charge < -0.3 is 19.8 Å². The van der Waals surface area contributed by atoms with Crippen LogP contribution >= 0.6 is 0 Å². The Morgan fingerprint density at radius 2 is 1.81 bits per heavy atom. The lowest BCUT2D eigenvalue weighted by molar-refractivity contribution is -0.120. The molecule has 0 fully saturated rings. The van der Waals surface area contributed by atoms with E-state index in [1.807, 2.05) is 36.4 Å². The van der Waals surface area contributed by atoms with Gasteiger partial charge in [0.2, 0.25) is 5.91 Å². The summed E-state index contributed by atoms with van der Waals surface area (Å²) < 4.78 is 24.3. The largest absolute Gasteiger partial charge is 0.489 e. The van der Waals surface area contributed by atoms with Crippen LogP contribution in [0.4, 0.5) is 4.39 Å². The van der Waals surface area contributed by atoms with Crippen LogP contribution in [-0.2, 0) is 4.79 Å². The molecule has 1 amide bonds. The topological polar surface area (TPSA) is 63.5 Å². The highest BCUT2D eigenvalue weighted by Gasteiger charge is 2.18. The van der Waals surface area contributed by atoms with Gasteiger partial charge in [-0.25, -0.2) is 4.39 Å². The van der Waals surface area contributed by atoms with Crippen molar-refractivity contribution in [1.82, 2.24) is 10.6 Å². The second-order valence-corrected chi connectivity index (χ2v) is 5.88. The smallest absolute Gasteiger partial charge is 0.234 e. The van der Waals surface area contributed by atoms with E-state index in [2.05, 4.69) is 10.6 Å². The molecule has 140 valence electrons. The van der Waals surface area contributed by atoms with Crippen LogP contribution in [0.1, 0.15) is 17.4 Å². The number of benzene rings is 2. The zero-order chi connectivity index (χ0) is 18.9. The monoisotopic (exact) mass is 368 g/mol. The van der Waals surface area contributed by atoms with Gasteiger partial charge in [-0.2, -0.15) is 0 Å². The Hall–Kier alpha value is -3.12. The van der Waals surface area contributed by atoms with Gasteiger partial charge in [-0.3, -0.25) is 4.79 Å². The molecule has 0 saturated heterocycles. The van der Waals surface area contributed by atoms with E-state index in [1.54, 1.807) is 30.5 Å². The summed E-state index contributed by atoms with van der Waals surface area (Å²) in [4.78, 5) is 12.3. The fraction of sp³-hybridized carbons (Fsp3) is 0.190. The quantitative estimate of drug-likeness (QED) is 0.569. The van der Waals surface area contributed by atoms with Gasteiger partial charge in [-0.05, 0) is 29.8 Å². The number of nitrogens with one attached hydrogen (secondary N) is 2. The number of halogens is 1. The van der Waals surface area contributed by atoms with Gasteiger partial charge in [0.25, 0.3) is 0 Å². The molecule has 1 atom stereocenters. The third-order valence-corrected chi connectivity index (χ3v) is 3.92. The van der Waals surface area contributed by atoms with Gasteiger partial charge in [0.1, 0.15) is 18.4 Å². The maximum atomic E-state index is 13.4. The minimum atomic E-state index is -0.403. The van der Waals surface area contributed by atoms with E-state index in [-0.39, 0.29) is 30.9 Å². The van der Waals surface area contributed by atoms with E-state index in [1.165, 1.54) is 6.07 Å². The zero-order valence-corrected chi connectivity index (χ0v) is 14.7. The molecule has 5 nitrogen and oxygen atoms in total. The molecule has 27 heavy (non-hydrogen) atoms. The van der Waals surface area contributed by atoms with Crippen molar-refractivity contribution in [3.05, 3.63) is 90.1 Å². The molecule has 0 bridgehead atoms. The highest BCUT2D eigenvalue weighted by atomic mass is 19.1. The van der Waals surface area contributed by atoms with Crippen LogP contribution in [0, 0.1) is 5.82 Å². The molecule has 3 aromatic rings. The maximum Gasteiger partial charge on any atom is 0.234 e. The van der Waals surface area contributed by atoms with Crippen molar-refractivity contribution in [2.45, 2.75) is 6.04 Å². The summed E-state index contributed by atoms with van der Waals surface area (Å²) in [5.41, 5.74) is 0.934. The first kappa shape index (κ1) is 18.7. The van der Waals surface area contributed by atoms with E-state index in [0.717, 1.165) is 5.56 Å². The average Bonchev–Trinajstić information content (AvgIpc) is 3.22. The molecule has 1 heterocycles. The van der Waals surface area contributed by atoms with Gasteiger partial charge in [-0.15, -0.1) is 0 Å². The van der Waals surface area contributed by atoms with E-state index in [9.17, 15) is 9.18 Å². The van der Waals surface area contributed by atoms with E-state index in [4.69, 9.17) is 9.15 Å². The molecule has 0 spiro atoms. The van der Waals surface area contributed by atoms with Crippen molar-refractivity contribution in [3.8, 4) is 5.75 Å². The molecule has 0 radical (unpaired) electrons. The standard InChI is InChI=1S/C21H21FN2O3/c22-17-9-4-5-10-18(17)27-14-12-23-15-20(25)24-21(19-11-6-13-26-19)16-7-2-1-3-8-16/h1-11,13,21,23H,12,14-15H2,(H,24,25). The van der Waals surface area contributed by atoms with Gasteiger partial charge in [0, 0.05) is 6.54 Å². The Bertz CT molecular complexity index is 838. The lowest BCUT2D eigenvalue weighted by Crippen LogP contribution is -2.37. The minimum Gasteiger partial charge on any atom is -0.489 e. The normalized spacial score (nSPS) is 11.7. The summed E-state index contributed by atoms with van der Waals surface area (Å²) in [6.45, 7) is 0.789. The Morgan fingerprint density at radius 3 is 2.56 bits per heavy atom. The molecule has 6 heteroatoms. The van der Waals surface area contributed by atoms with Gasteiger partial charge >= 0.3 is 0 Å². The fourth-order valence-corrected chi connectivity index (χ4v) is 2.63. The molecule has 0 saturated carbocycles. The molecule has 0 aliphatic carbocycles. The molecule has 2 aromatic carbocycles. The van der Waals surface area contributed by atoms with Crippen molar-refractivity contribution in [1.29, 1.82) is 0 Å². The average molecular weight is 368 g/mol. The minimum absolute atomic E-state index is 0.116. The SMILES string of the molecule is O=C(CNCCOc1ccccc1F)NC(c1ccccc1)c1ccco1. The molecular weight excluding hydrogens is 347 g/mol. The Morgan fingerprint density at radius 1 is 1.04 bits per heavy atom. The third-order valence-electron chi connectivity index (χ3n) is 3.92. The lowest BCUT2D eigenvalue weighted by Gasteiger charge is -2.17. The summed E-state index contributed by atoms with van der Waals surface area (Å²) in [5, 5.41) is 5.94. The summed E-state index contributed by atoms with van der Waals surface area (Å²) in [7, 11) is 0. The highest BCUT2D eigenvalue weighted by molar-refractivity contribution is 5.78.